The van der Waals surface area contributed by atoms with Crippen LogP contribution in [0.15, 0.2) is 6.58 Å². The summed E-state index contributed by atoms with van der Waals surface area (Å²) in [5, 5.41) is 0. The average Bonchev–Trinajstić information content (AvgIpc) is 1.63. The molecular formula is C8H17Si. The van der Waals surface area contributed by atoms with Crippen LogP contribution < -0.4 is 0 Å². The first-order valence-corrected chi connectivity index (χ1v) is 7.27. The van der Waals surface area contributed by atoms with Gasteiger partial charge in [-0.2, -0.15) is 0 Å². The molecule has 0 nitrogen and oxygen atoms in total. The Hall–Kier alpha value is -0.0431. The van der Waals surface area contributed by atoms with Gasteiger partial charge in [-0.3, -0.25) is 0 Å². The molecular weight excluding hydrogens is 124 g/mol. The lowest BCUT2D eigenvalue weighted by Gasteiger charge is -2.13. The van der Waals surface area contributed by atoms with Gasteiger partial charge in [0.1, 0.15) is 0 Å². The molecule has 0 aliphatic heterocycles. The molecule has 0 atom stereocenters. The lowest BCUT2D eigenvalue weighted by molar-refractivity contribution is 0.920. The second-order valence-electron chi connectivity index (χ2n) is 3.66. The van der Waals surface area contributed by atoms with E-state index in [1.54, 1.807) is 0 Å². The van der Waals surface area contributed by atoms with E-state index in [4.69, 9.17) is 0 Å². The van der Waals surface area contributed by atoms with Crippen molar-refractivity contribution in [3.63, 3.8) is 0 Å². The van der Waals surface area contributed by atoms with E-state index in [-0.39, 0.29) is 0 Å². The third-order valence-corrected chi connectivity index (χ3v) is 3.13. The molecule has 0 saturated carbocycles. The van der Waals surface area contributed by atoms with Crippen molar-refractivity contribution in [1.29, 1.82) is 0 Å². The van der Waals surface area contributed by atoms with Crippen molar-refractivity contribution in [2.24, 2.45) is 0 Å². The zero-order valence-electron chi connectivity index (χ0n) is 6.83. The Bertz CT molecular complexity index is 79.1. The summed E-state index contributed by atoms with van der Waals surface area (Å²) in [6.07, 6.45) is 5.28. The summed E-state index contributed by atoms with van der Waals surface area (Å²) < 4.78 is 0. The molecule has 0 aromatic carbocycles. The number of hydrogen-bond donors (Lipinski definition) is 0. The van der Waals surface area contributed by atoms with Crippen LogP contribution in [0.2, 0.25) is 25.7 Å². The predicted octanol–water partition coefficient (Wildman–Crippen LogP) is 3.09. The van der Waals surface area contributed by atoms with E-state index >= 15 is 0 Å². The average molecular weight is 141 g/mol. The summed E-state index contributed by atoms with van der Waals surface area (Å²) in [6, 6.07) is 1.41. The summed E-state index contributed by atoms with van der Waals surface area (Å²) in [4.78, 5) is 0. The molecule has 0 aliphatic carbocycles. The molecule has 0 N–H and O–H groups in total. The van der Waals surface area contributed by atoms with Gasteiger partial charge in [0, 0.05) is 8.07 Å². The van der Waals surface area contributed by atoms with E-state index < -0.39 is 8.07 Å². The summed E-state index contributed by atoms with van der Waals surface area (Å²) in [6.45, 7) is 10.8. The molecule has 53 valence electrons. The Morgan fingerprint density at radius 2 is 1.89 bits per heavy atom. The highest BCUT2D eigenvalue weighted by molar-refractivity contribution is 6.76. The molecule has 1 radical (unpaired) electrons. The maximum absolute atomic E-state index is 3.57. The second-order valence-corrected chi connectivity index (χ2v) is 9.29. The molecule has 0 aromatic heterocycles. The third-order valence-electron chi connectivity index (χ3n) is 1.28. The van der Waals surface area contributed by atoms with Gasteiger partial charge in [-0.15, -0.1) is 0 Å². The zero-order valence-corrected chi connectivity index (χ0v) is 7.83. The fourth-order valence-electron chi connectivity index (χ4n) is 0.744. The molecule has 0 amide bonds. The topological polar surface area (TPSA) is 0 Å². The Balaban J connectivity index is 3.17. The van der Waals surface area contributed by atoms with Gasteiger partial charge in [0.25, 0.3) is 0 Å². The van der Waals surface area contributed by atoms with Gasteiger partial charge in [-0.1, -0.05) is 44.8 Å². The number of unbranched alkanes of at least 4 members (excludes halogenated alkanes) is 1. The Kier molecular flexibility index (Phi) is 3.87. The number of rotatable bonds is 4. The molecule has 0 spiro atoms. The quantitative estimate of drug-likeness (QED) is 0.417. The minimum Gasteiger partial charge on any atom is -0.0956 e. The highest BCUT2D eigenvalue weighted by atomic mass is 28.3. The molecule has 9 heavy (non-hydrogen) atoms. The van der Waals surface area contributed by atoms with Crippen molar-refractivity contribution in [3.8, 4) is 0 Å². The fraction of sp³-hybridized carbons (Fsp3) is 0.750. The highest BCUT2D eigenvalue weighted by Crippen LogP contribution is 2.12. The van der Waals surface area contributed by atoms with Gasteiger partial charge >= 0.3 is 0 Å². The maximum atomic E-state index is 3.57. The molecule has 0 rings (SSSR count). The second kappa shape index (κ2) is 3.88. The van der Waals surface area contributed by atoms with Crippen LogP contribution in [0.4, 0.5) is 0 Å². The summed E-state index contributed by atoms with van der Waals surface area (Å²) in [5.74, 6) is 0. The Labute approximate surface area is 60.0 Å². The molecule has 0 saturated heterocycles. The van der Waals surface area contributed by atoms with Crippen LogP contribution in [0.3, 0.4) is 0 Å². The summed E-state index contributed by atoms with van der Waals surface area (Å²) >= 11 is 0. The maximum Gasteiger partial charge on any atom is 0.0442 e. The highest BCUT2D eigenvalue weighted by Gasteiger charge is 2.10. The van der Waals surface area contributed by atoms with Gasteiger partial charge in [-0.25, -0.2) is 0 Å². The van der Waals surface area contributed by atoms with E-state index in [9.17, 15) is 0 Å². The van der Waals surface area contributed by atoms with Gasteiger partial charge < -0.3 is 0 Å². The monoisotopic (exact) mass is 141 g/mol. The van der Waals surface area contributed by atoms with E-state index in [0.717, 1.165) is 6.42 Å². The van der Waals surface area contributed by atoms with Gasteiger partial charge in [-0.05, 0) is 6.42 Å². The number of allylic oxidation sites excluding steroid dienone is 1. The SMILES string of the molecule is C=[C]CCC[Si](C)(C)C. The first-order valence-electron chi connectivity index (χ1n) is 3.56. The van der Waals surface area contributed by atoms with Gasteiger partial charge in [0.2, 0.25) is 0 Å². The van der Waals surface area contributed by atoms with Crippen molar-refractivity contribution in [1.82, 2.24) is 0 Å². The zero-order chi connectivity index (χ0) is 7.33. The van der Waals surface area contributed by atoms with Crippen LogP contribution in [-0.4, -0.2) is 8.07 Å². The summed E-state index contributed by atoms with van der Waals surface area (Å²) in [7, 11) is -0.762. The van der Waals surface area contributed by atoms with Crippen molar-refractivity contribution >= 4 is 8.07 Å². The first kappa shape index (κ1) is 8.96. The number of hydrogen-bond acceptors (Lipinski definition) is 0. The van der Waals surface area contributed by atoms with Crippen molar-refractivity contribution in [3.05, 3.63) is 12.7 Å². The van der Waals surface area contributed by atoms with Crippen LogP contribution in [0, 0.1) is 6.08 Å². The van der Waals surface area contributed by atoms with E-state index in [1.165, 1.54) is 12.5 Å². The van der Waals surface area contributed by atoms with Crippen LogP contribution in [0.1, 0.15) is 12.8 Å². The van der Waals surface area contributed by atoms with Crippen LogP contribution in [0.5, 0.6) is 0 Å². The van der Waals surface area contributed by atoms with Crippen molar-refractivity contribution in [2.75, 3.05) is 0 Å². The molecule has 0 aromatic rings. The van der Waals surface area contributed by atoms with Crippen molar-refractivity contribution < 1.29 is 0 Å². The van der Waals surface area contributed by atoms with E-state index in [0.29, 0.717) is 0 Å². The van der Waals surface area contributed by atoms with Gasteiger partial charge in [0.15, 0.2) is 0 Å². The molecule has 0 unspecified atom stereocenters. The predicted molar refractivity (Wildman–Crippen MR) is 46.3 cm³/mol. The minimum absolute atomic E-state index is 0.762. The van der Waals surface area contributed by atoms with Crippen LogP contribution in [0.25, 0.3) is 0 Å². The van der Waals surface area contributed by atoms with E-state index in [1.807, 2.05) is 0 Å². The molecule has 0 bridgehead atoms. The molecule has 0 heterocycles. The van der Waals surface area contributed by atoms with Crippen molar-refractivity contribution in [2.45, 2.75) is 38.5 Å². The standard InChI is InChI=1S/C8H17Si/c1-5-6-7-8-9(2,3)4/h1,6-8H2,2-4H3. The largest absolute Gasteiger partial charge is 0.0956 e. The molecule has 0 aliphatic rings. The fourth-order valence-corrected chi connectivity index (χ4v) is 1.98. The minimum atomic E-state index is -0.762. The smallest absolute Gasteiger partial charge is 0.0442 e. The van der Waals surface area contributed by atoms with Crippen LogP contribution >= 0.6 is 0 Å². The Morgan fingerprint density at radius 3 is 2.22 bits per heavy atom. The first-order chi connectivity index (χ1) is 4.06. The Morgan fingerprint density at radius 1 is 1.33 bits per heavy atom. The normalized spacial score (nSPS) is 11.4. The van der Waals surface area contributed by atoms with Crippen LogP contribution in [-0.2, 0) is 0 Å². The van der Waals surface area contributed by atoms with E-state index in [2.05, 4.69) is 32.3 Å². The lowest BCUT2D eigenvalue weighted by atomic mass is 10.3. The molecule has 1 heteroatoms. The lowest BCUT2D eigenvalue weighted by Crippen LogP contribution is -2.18. The van der Waals surface area contributed by atoms with Gasteiger partial charge in [0.05, 0.1) is 0 Å². The summed E-state index contributed by atoms with van der Waals surface area (Å²) in [5.41, 5.74) is 0. The third kappa shape index (κ3) is 7.96. The molecule has 0 fully saturated rings.